The number of rotatable bonds is 9. The lowest BCUT2D eigenvalue weighted by atomic mass is 10.2. The fourth-order valence-corrected chi connectivity index (χ4v) is 6.28. The van der Waals surface area contributed by atoms with Crippen molar-refractivity contribution in [1.82, 2.24) is 19.2 Å². The van der Waals surface area contributed by atoms with E-state index < -0.39 is 34.7 Å². The standard InChI is InChI=1S/C23H25ClN4O5S2/c1-15(2)33-22(29)14-28(35(31,32)10-7-18-3-4-21(24)34-18)20-6-9-27(23(20)30)13-17-11-16-12-25-8-5-19(16)26-17/h3-5,7-8,10-12,15,20,26H,6,9,13-14H2,1-2H3/t20-/m1/s1. The van der Waals surface area contributed by atoms with Crippen molar-refractivity contribution in [2.75, 3.05) is 13.1 Å². The molecule has 1 aliphatic heterocycles. The second-order valence-corrected chi connectivity index (χ2v) is 11.9. The number of hydrogen-bond donors (Lipinski definition) is 1. The molecule has 1 saturated heterocycles. The van der Waals surface area contributed by atoms with E-state index in [2.05, 4.69) is 9.97 Å². The number of likely N-dealkylation sites (tertiary alicyclic amines) is 1. The van der Waals surface area contributed by atoms with Gasteiger partial charge in [0.25, 0.3) is 0 Å². The van der Waals surface area contributed by atoms with Crippen LogP contribution < -0.4 is 0 Å². The van der Waals surface area contributed by atoms with Crippen LogP contribution >= 0.6 is 22.9 Å². The zero-order valence-corrected chi connectivity index (χ0v) is 21.6. The SMILES string of the molecule is CC(C)OC(=O)CN([C@@H]1CCN(Cc2cc3cnccc3[nH]2)C1=O)S(=O)(=O)C=Cc1ccc(Cl)s1. The van der Waals surface area contributed by atoms with Crippen LogP contribution in [0, 0.1) is 0 Å². The number of sulfonamides is 1. The van der Waals surface area contributed by atoms with Crippen molar-refractivity contribution < 1.29 is 22.7 Å². The number of ether oxygens (including phenoxy) is 1. The summed E-state index contributed by atoms with van der Waals surface area (Å²) in [5, 5.41) is 1.92. The summed E-state index contributed by atoms with van der Waals surface area (Å²) >= 11 is 7.15. The van der Waals surface area contributed by atoms with Crippen molar-refractivity contribution in [1.29, 1.82) is 0 Å². The molecule has 4 heterocycles. The second kappa shape index (κ2) is 10.5. The Morgan fingerprint density at radius 1 is 1.40 bits per heavy atom. The van der Waals surface area contributed by atoms with E-state index in [9.17, 15) is 18.0 Å². The molecule has 3 aromatic rings. The van der Waals surface area contributed by atoms with Crippen LogP contribution in [-0.4, -0.2) is 64.7 Å². The van der Waals surface area contributed by atoms with Gasteiger partial charge in [0.05, 0.1) is 17.0 Å². The van der Waals surface area contributed by atoms with Gasteiger partial charge in [-0.2, -0.15) is 4.31 Å². The van der Waals surface area contributed by atoms with Crippen molar-refractivity contribution in [3.8, 4) is 0 Å². The van der Waals surface area contributed by atoms with Crippen molar-refractivity contribution in [3.63, 3.8) is 0 Å². The predicted octanol–water partition coefficient (Wildman–Crippen LogP) is 3.63. The third kappa shape index (κ3) is 6.10. The number of thiophene rings is 1. The topological polar surface area (TPSA) is 113 Å². The molecule has 0 bridgehead atoms. The first-order chi connectivity index (χ1) is 16.6. The smallest absolute Gasteiger partial charge is 0.321 e. The second-order valence-electron chi connectivity index (χ2n) is 8.40. The zero-order valence-electron chi connectivity index (χ0n) is 19.2. The van der Waals surface area contributed by atoms with Gasteiger partial charge in [-0.05, 0) is 50.6 Å². The number of halogens is 1. The Labute approximate surface area is 212 Å². The molecule has 0 aliphatic carbocycles. The van der Waals surface area contributed by atoms with Gasteiger partial charge >= 0.3 is 5.97 Å². The van der Waals surface area contributed by atoms with E-state index in [-0.39, 0.29) is 18.9 Å². The molecule has 1 N–H and O–H groups in total. The highest BCUT2D eigenvalue weighted by Crippen LogP contribution is 2.26. The van der Waals surface area contributed by atoms with Gasteiger partial charge in [-0.3, -0.25) is 14.6 Å². The van der Waals surface area contributed by atoms with Crippen molar-refractivity contribution in [2.45, 2.75) is 39.0 Å². The first-order valence-corrected chi connectivity index (χ1v) is 13.7. The van der Waals surface area contributed by atoms with Crippen molar-refractivity contribution in [3.05, 3.63) is 57.0 Å². The van der Waals surface area contributed by atoms with Crippen LogP contribution in [0.15, 0.2) is 42.1 Å². The van der Waals surface area contributed by atoms with Gasteiger partial charge in [-0.1, -0.05) is 11.6 Å². The van der Waals surface area contributed by atoms with E-state index in [0.717, 1.165) is 26.3 Å². The van der Waals surface area contributed by atoms with E-state index in [0.29, 0.717) is 15.8 Å². The number of hydrogen-bond acceptors (Lipinski definition) is 7. The lowest BCUT2D eigenvalue weighted by Crippen LogP contribution is -2.47. The average molecular weight is 537 g/mol. The summed E-state index contributed by atoms with van der Waals surface area (Å²) in [6.07, 6.45) is 4.65. The largest absolute Gasteiger partial charge is 0.462 e. The monoisotopic (exact) mass is 536 g/mol. The van der Waals surface area contributed by atoms with Gasteiger partial charge in [0.15, 0.2) is 0 Å². The molecule has 1 amide bonds. The summed E-state index contributed by atoms with van der Waals surface area (Å²) in [4.78, 5) is 35.3. The van der Waals surface area contributed by atoms with Crippen LogP contribution in [0.25, 0.3) is 17.0 Å². The molecule has 9 nitrogen and oxygen atoms in total. The van der Waals surface area contributed by atoms with Crippen LogP contribution in [0.3, 0.4) is 0 Å². The molecule has 0 aromatic carbocycles. The number of amides is 1. The fourth-order valence-electron chi connectivity index (χ4n) is 3.92. The van der Waals surface area contributed by atoms with Crippen molar-refractivity contribution in [2.24, 2.45) is 0 Å². The molecule has 12 heteroatoms. The van der Waals surface area contributed by atoms with Crippen LogP contribution in [0.4, 0.5) is 0 Å². The molecule has 1 fully saturated rings. The Bertz CT molecular complexity index is 1330. The molecule has 0 unspecified atom stereocenters. The number of pyridine rings is 1. The molecule has 1 aliphatic rings. The number of nitrogens with zero attached hydrogens (tertiary/aromatic N) is 3. The molecule has 0 saturated carbocycles. The number of fused-ring (bicyclic) bond motifs is 1. The average Bonchev–Trinajstić information content (AvgIpc) is 3.49. The van der Waals surface area contributed by atoms with Crippen LogP contribution in [-0.2, 0) is 30.9 Å². The quantitative estimate of drug-likeness (QED) is 0.418. The maximum atomic E-state index is 13.3. The van der Waals surface area contributed by atoms with E-state index in [1.807, 2.05) is 12.1 Å². The summed E-state index contributed by atoms with van der Waals surface area (Å²) in [7, 11) is -4.12. The van der Waals surface area contributed by atoms with Crippen LogP contribution in [0.5, 0.6) is 0 Å². The number of aromatic amines is 1. The summed E-state index contributed by atoms with van der Waals surface area (Å²) in [5.41, 5.74) is 1.71. The maximum Gasteiger partial charge on any atom is 0.321 e. The molecular formula is C23H25ClN4O5S2. The van der Waals surface area contributed by atoms with Gasteiger partial charge in [0, 0.05) is 45.8 Å². The molecule has 0 spiro atoms. The number of esters is 1. The van der Waals surface area contributed by atoms with E-state index in [4.69, 9.17) is 16.3 Å². The summed E-state index contributed by atoms with van der Waals surface area (Å²) in [6, 6.07) is 6.09. The molecule has 35 heavy (non-hydrogen) atoms. The maximum absolute atomic E-state index is 13.3. The first-order valence-electron chi connectivity index (χ1n) is 11.0. The molecule has 4 rings (SSSR count). The van der Waals surface area contributed by atoms with Crippen LogP contribution in [0.1, 0.15) is 30.8 Å². The Morgan fingerprint density at radius 2 is 2.20 bits per heavy atom. The first kappa shape index (κ1) is 25.4. The third-order valence-corrected chi connectivity index (χ3v) is 8.15. The van der Waals surface area contributed by atoms with E-state index >= 15 is 0 Å². The summed E-state index contributed by atoms with van der Waals surface area (Å²) < 4.78 is 33.2. The predicted molar refractivity (Wildman–Crippen MR) is 135 cm³/mol. The minimum Gasteiger partial charge on any atom is -0.462 e. The minimum absolute atomic E-state index is 0.257. The van der Waals surface area contributed by atoms with Crippen LogP contribution in [0.2, 0.25) is 4.34 Å². The number of nitrogens with one attached hydrogen (secondary N) is 1. The van der Waals surface area contributed by atoms with Gasteiger partial charge < -0.3 is 14.6 Å². The van der Waals surface area contributed by atoms with Crippen molar-refractivity contribution >= 4 is 61.8 Å². The molecular weight excluding hydrogens is 512 g/mol. The normalized spacial score (nSPS) is 16.9. The highest BCUT2D eigenvalue weighted by Gasteiger charge is 2.42. The Kier molecular flexibility index (Phi) is 7.60. The summed E-state index contributed by atoms with van der Waals surface area (Å²) in [5.74, 6) is -1.08. The molecule has 1 atom stereocenters. The lowest BCUT2D eigenvalue weighted by Gasteiger charge is -2.25. The lowest BCUT2D eigenvalue weighted by molar-refractivity contribution is -0.148. The van der Waals surface area contributed by atoms with Gasteiger partial charge in [0.1, 0.15) is 12.6 Å². The summed E-state index contributed by atoms with van der Waals surface area (Å²) in [6.45, 7) is 3.44. The van der Waals surface area contributed by atoms with Gasteiger partial charge in [-0.15, -0.1) is 11.3 Å². The Morgan fingerprint density at radius 3 is 2.89 bits per heavy atom. The van der Waals surface area contributed by atoms with Gasteiger partial charge in [0.2, 0.25) is 15.9 Å². The molecule has 186 valence electrons. The van der Waals surface area contributed by atoms with E-state index in [1.54, 1.807) is 43.3 Å². The zero-order chi connectivity index (χ0) is 25.2. The van der Waals surface area contributed by atoms with Gasteiger partial charge in [-0.25, -0.2) is 8.42 Å². The highest BCUT2D eigenvalue weighted by molar-refractivity contribution is 7.92. The fraction of sp³-hybridized carbons (Fsp3) is 0.348. The number of H-pyrrole nitrogens is 1. The Balaban J connectivity index is 1.55. The number of aromatic nitrogens is 2. The van der Waals surface area contributed by atoms with E-state index in [1.165, 1.54) is 17.4 Å². The molecule has 0 radical (unpaired) electrons. The third-order valence-electron chi connectivity index (χ3n) is 5.43. The number of carbonyl (C=O) groups excluding carboxylic acids is 2. The minimum atomic E-state index is -4.12. The molecule has 3 aromatic heterocycles. The highest BCUT2D eigenvalue weighted by atomic mass is 35.5. The Hall–Kier alpha value is -2.73. The number of carbonyl (C=O) groups is 2.